The smallest absolute Gasteiger partial charge is 0.330 e. The lowest BCUT2D eigenvalue weighted by Gasteiger charge is -1.97. The number of benzene rings is 1. The molecule has 1 N–H and O–H groups in total. The maximum absolute atomic E-state index is 10.3. The van der Waals surface area contributed by atoms with E-state index in [2.05, 4.69) is 31.1 Å². The normalized spacial score (nSPS) is 7.38. The van der Waals surface area contributed by atoms with Crippen LogP contribution in [0.4, 0.5) is 0 Å². The van der Waals surface area contributed by atoms with Gasteiger partial charge in [-0.3, -0.25) is 0 Å². The maximum Gasteiger partial charge on any atom is 0.330 e. The van der Waals surface area contributed by atoms with E-state index in [1.807, 2.05) is 43.3 Å². The topological polar surface area (TPSA) is 87.4 Å². The number of rotatable bonds is 6. The van der Waals surface area contributed by atoms with Crippen LogP contribution in [0.5, 0.6) is 0 Å². The molecule has 1 aromatic rings. The molecular weight excluding hydrogens is 330 g/mol. The molecule has 0 amide bonds. The molecule has 0 aliphatic heterocycles. The van der Waals surface area contributed by atoms with Crippen molar-refractivity contribution < 1.29 is 19.4 Å². The molecule has 5 heteroatoms. The summed E-state index contributed by atoms with van der Waals surface area (Å²) in [7, 11) is 0. The van der Waals surface area contributed by atoms with Gasteiger partial charge in [0, 0.05) is 18.2 Å². The predicted molar refractivity (Wildman–Crippen MR) is 106 cm³/mol. The van der Waals surface area contributed by atoms with Gasteiger partial charge in [0.05, 0.1) is 12.7 Å². The van der Waals surface area contributed by atoms with Crippen LogP contribution in [0.25, 0.3) is 6.08 Å². The number of carbonyl (C=O) groups excluding carboxylic acids is 1. The van der Waals surface area contributed by atoms with Gasteiger partial charge in [-0.1, -0.05) is 76.1 Å². The number of hydrogen-bond donors (Lipinski definition) is 1. The second-order valence-electron chi connectivity index (χ2n) is 4.22. The Kier molecular flexibility index (Phi) is 25.2. The van der Waals surface area contributed by atoms with Crippen molar-refractivity contribution in [3.05, 3.63) is 80.4 Å². The first-order valence-corrected chi connectivity index (χ1v) is 7.75. The number of carboxylic acid groups (broad SMARTS) is 1. The molecule has 0 radical (unpaired) electrons. The maximum atomic E-state index is 10.3. The van der Waals surface area contributed by atoms with Gasteiger partial charge in [-0.15, -0.1) is 0 Å². The van der Waals surface area contributed by atoms with Crippen LogP contribution in [0.2, 0.25) is 0 Å². The highest BCUT2D eigenvalue weighted by Crippen LogP contribution is 1.97. The van der Waals surface area contributed by atoms with E-state index in [0.29, 0.717) is 6.61 Å². The second-order valence-corrected chi connectivity index (χ2v) is 4.22. The summed E-state index contributed by atoms with van der Waals surface area (Å²) < 4.78 is 4.67. The van der Waals surface area contributed by atoms with Crippen LogP contribution < -0.4 is 0 Å². The van der Waals surface area contributed by atoms with Crippen LogP contribution in [-0.4, -0.2) is 23.7 Å². The van der Waals surface area contributed by atoms with Crippen molar-refractivity contribution in [1.29, 1.82) is 5.26 Å². The third-order valence-electron chi connectivity index (χ3n) is 2.21. The monoisotopic (exact) mass is 357 g/mol. The molecule has 0 unspecified atom stereocenters. The lowest BCUT2D eigenvalue weighted by atomic mass is 10.2. The van der Waals surface area contributed by atoms with Crippen molar-refractivity contribution in [2.75, 3.05) is 6.61 Å². The Hall–Kier alpha value is -3.39. The number of nitriles is 1. The molecule has 26 heavy (non-hydrogen) atoms. The van der Waals surface area contributed by atoms with Crippen molar-refractivity contribution in [1.82, 2.24) is 0 Å². The number of unbranched alkanes of at least 4 members (excludes halogenated alkanes) is 1. The molecule has 0 atom stereocenters. The van der Waals surface area contributed by atoms with Crippen LogP contribution >= 0.6 is 0 Å². The summed E-state index contributed by atoms with van der Waals surface area (Å²) in [4.78, 5) is 19.6. The summed E-state index contributed by atoms with van der Waals surface area (Å²) in [6, 6.07) is 11.7. The van der Waals surface area contributed by atoms with Crippen LogP contribution in [0.15, 0.2) is 74.9 Å². The SMILES string of the molecule is C=CC#N.C=CC(=O)O.C=CC(=O)OCCCC.C=Cc1ccccc1. The highest BCUT2D eigenvalue weighted by atomic mass is 16.5. The standard InChI is InChI=1S/C8H8.C7H12O2.C3H3N.C3H4O2/c1-2-8-6-4-3-5-7-8;1-3-5-6-9-7(8)4-2;1-2-3-4;1-2-3(4)5/h2-7H,1H2;4H,2-3,5-6H2,1H3;2H,1H2;2H,1H2,(H,4,5). The zero-order valence-electron chi connectivity index (χ0n) is 15.3. The fourth-order valence-electron chi connectivity index (χ4n) is 0.965. The van der Waals surface area contributed by atoms with Crippen molar-refractivity contribution in [2.45, 2.75) is 19.8 Å². The average molecular weight is 357 g/mol. The summed E-state index contributed by atoms with van der Waals surface area (Å²) in [5.74, 6) is -1.31. The molecule has 0 aliphatic rings. The number of carbonyl (C=O) groups is 2. The summed E-state index contributed by atoms with van der Waals surface area (Å²) in [6.45, 7) is 15.5. The number of esters is 1. The van der Waals surface area contributed by atoms with Gasteiger partial charge in [-0.2, -0.15) is 5.26 Å². The van der Waals surface area contributed by atoms with E-state index in [-0.39, 0.29) is 5.97 Å². The van der Waals surface area contributed by atoms with E-state index < -0.39 is 5.97 Å². The van der Waals surface area contributed by atoms with Gasteiger partial charge in [0.15, 0.2) is 0 Å². The molecule has 0 bridgehead atoms. The molecule has 140 valence electrons. The fourth-order valence-corrected chi connectivity index (χ4v) is 0.965. The highest BCUT2D eigenvalue weighted by Gasteiger charge is 1.91. The van der Waals surface area contributed by atoms with E-state index in [0.717, 1.165) is 18.9 Å². The Balaban J connectivity index is -0.000000286. The Morgan fingerprint density at radius 1 is 1.15 bits per heavy atom. The largest absolute Gasteiger partial charge is 0.478 e. The zero-order valence-corrected chi connectivity index (χ0v) is 15.3. The number of aliphatic carboxylic acids is 1. The van der Waals surface area contributed by atoms with Gasteiger partial charge in [-0.25, -0.2) is 9.59 Å². The van der Waals surface area contributed by atoms with E-state index in [1.54, 1.807) is 6.07 Å². The minimum absolute atomic E-state index is 0.330. The van der Waals surface area contributed by atoms with Crippen molar-refractivity contribution >= 4 is 18.0 Å². The van der Waals surface area contributed by atoms with E-state index in [9.17, 15) is 9.59 Å². The number of carboxylic acids is 1. The average Bonchev–Trinajstić information content (AvgIpc) is 2.69. The predicted octanol–water partition coefficient (Wildman–Crippen LogP) is 4.80. The van der Waals surface area contributed by atoms with Crippen LogP contribution in [0.3, 0.4) is 0 Å². The number of hydrogen-bond acceptors (Lipinski definition) is 4. The van der Waals surface area contributed by atoms with Gasteiger partial charge in [0.1, 0.15) is 0 Å². The molecule has 5 nitrogen and oxygen atoms in total. The van der Waals surface area contributed by atoms with E-state index >= 15 is 0 Å². The minimum atomic E-state index is -0.981. The lowest BCUT2D eigenvalue weighted by Crippen LogP contribution is -2.00. The number of allylic oxidation sites excluding steroid dienone is 1. The molecule has 0 saturated carbocycles. The van der Waals surface area contributed by atoms with Gasteiger partial charge in [0.2, 0.25) is 0 Å². The summed E-state index contributed by atoms with van der Waals surface area (Å²) >= 11 is 0. The molecule has 0 spiro atoms. The first-order chi connectivity index (χ1) is 12.4. The molecule has 1 rings (SSSR count). The number of nitrogens with zero attached hydrogens (tertiary/aromatic N) is 1. The molecule has 0 fully saturated rings. The fraction of sp³-hybridized carbons (Fsp3) is 0.190. The molecule has 1 aromatic carbocycles. The van der Waals surface area contributed by atoms with Crippen molar-refractivity contribution in [2.24, 2.45) is 0 Å². The third-order valence-corrected chi connectivity index (χ3v) is 2.21. The Labute approximate surface area is 156 Å². The lowest BCUT2D eigenvalue weighted by molar-refractivity contribution is -0.137. The van der Waals surface area contributed by atoms with Crippen LogP contribution in [0, 0.1) is 11.3 Å². The molecule has 0 saturated heterocycles. The zero-order chi connectivity index (χ0) is 20.6. The van der Waals surface area contributed by atoms with Gasteiger partial charge in [0.25, 0.3) is 0 Å². The highest BCUT2D eigenvalue weighted by molar-refractivity contribution is 5.81. The Morgan fingerprint density at radius 2 is 1.65 bits per heavy atom. The van der Waals surface area contributed by atoms with Gasteiger partial charge < -0.3 is 9.84 Å². The molecule has 0 heterocycles. The van der Waals surface area contributed by atoms with E-state index in [4.69, 9.17) is 10.4 Å². The summed E-state index contributed by atoms with van der Waals surface area (Å²) in [5, 5.41) is 15.1. The van der Waals surface area contributed by atoms with Gasteiger partial charge >= 0.3 is 11.9 Å². The van der Waals surface area contributed by atoms with E-state index in [1.165, 1.54) is 17.7 Å². The first kappa shape index (κ1) is 27.5. The molecule has 0 aromatic heterocycles. The number of ether oxygens (including phenoxy) is 1. The molecule has 0 aliphatic carbocycles. The second kappa shape index (κ2) is 23.9. The van der Waals surface area contributed by atoms with Crippen LogP contribution in [-0.2, 0) is 14.3 Å². The first-order valence-electron chi connectivity index (χ1n) is 7.75. The van der Waals surface area contributed by atoms with Crippen LogP contribution in [0.1, 0.15) is 25.3 Å². The van der Waals surface area contributed by atoms with Crippen molar-refractivity contribution in [3.8, 4) is 6.07 Å². The third kappa shape index (κ3) is 28.7. The Morgan fingerprint density at radius 3 is 1.92 bits per heavy atom. The quantitative estimate of drug-likeness (QED) is 0.342. The van der Waals surface area contributed by atoms with Crippen molar-refractivity contribution in [3.63, 3.8) is 0 Å². The summed E-state index contributed by atoms with van der Waals surface area (Å²) in [5.41, 5.74) is 1.17. The molecular formula is C21H27NO4. The van der Waals surface area contributed by atoms with Gasteiger partial charge in [-0.05, 0) is 12.0 Å². The minimum Gasteiger partial charge on any atom is -0.478 e. The summed E-state index contributed by atoms with van der Waals surface area (Å²) in [6.07, 6.45) is 7.00. The Bertz CT molecular complexity index is 571.